The number of carbonyl (C=O) groups excluding carboxylic acids is 2. The second kappa shape index (κ2) is 40.1. The van der Waals surface area contributed by atoms with E-state index in [2.05, 4.69) is 38.2 Å². The van der Waals surface area contributed by atoms with Crippen LogP contribution >= 0.6 is 0 Å². The Morgan fingerprint density at radius 2 is 0.880 bits per heavy atom. The SMILES string of the molecule is CCCCCCCC/C=C\CCCCCCCC(=O)OCC(CN(CCO)CCO)OC(=O)CCCCCCC/C=C\CCCCCCCC. The molecule has 1 unspecified atom stereocenters. The van der Waals surface area contributed by atoms with Gasteiger partial charge in [0.1, 0.15) is 12.7 Å². The highest BCUT2D eigenvalue weighted by molar-refractivity contribution is 5.70. The molecule has 0 amide bonds. The van der Waals surface area contributed by atoms with Crippen LogP contribution in [0.1, 0.15) is 194 Å². The number of rotatable bonds is 39. The number of carbonyl (C=O) groups is 2. The first-order valence-corrected chi connectivity index (χ1v) is 21.2. The first kappa shape index (κ1) is 48.3. The number of aliphatic hydroxyl groups excluding tert-OH is 2. The summed E-state index contributed by atoms with van der Waals surface area (Å²) in [5.41, 5.74) is 0. The summed E-state index contributed by atoms with van der Waals surface area (Å²) in [7, 11) is 0. The van der Waals surface area contributed by atoms with Gasteiger partial charge in [0, 0.05) is 32.5 Å². The standard InChI is InChI=1S/C43H81NO6/c1-3-5-7-9-11-13-15-17-19-21-23-25-27-29-31-33-42(47)49-40-41(39-44(35-37-45)36-38-46)50-43(48)34-32-30-28-26-24-22-20-18-16-14-12-10-8-6-4-2/h17-20,41,45-46H,3-16,21-40H2,1-2H3/b19-17-,20-18-. The lowest BCUT2D eigenvalue weighted by Crippen LogP contribution is -2.41. The summed E-state index contributed by atoms with van der Waals surface area (Å²) in [4.78, 5) is 27.0. The maximum atomic E-state index is 12.7. The van der Waals surface area contributed by atoms with Crippen molar-refractivity contribution < 1.29 is 29.3 Å². The third-order valence-electron chi connectivity index (χ3n) is 9.31. The van der Waals surface area contributed by atoms with Crippen LogP contribution in [0.25, 0.3) is 0 Å². The first-order chi connectivity index (χ1) is 24.6. The zero-order chi connectivity index (χ0) is 36.6. The van der Waals surface area contributed by atoms with E-state index < -0.39 is 6.10 Å². The molecule has 0 aromatic heterocycles. The van der Waals surface area contributed by atoms with Crippen molar-refractivity contribution in [1.29, 1.82) is 0 Å². The number of allylic oxidation sites excluding steroid dienone is 4. The van der Waals surface area contributed by atoms with Gasteiger partial charge in [0.15, 0.2) is 0 Å². The lowest BCUT2D eigenvalue weighted by atomic mass is 10.1. The Morgan fingerprint density at radius 3 is 1.28 bits per heavy atom. The fourth-order valence-corrected chi connectivity index (χ4v) is 6.17. The first-order valence-electron chi connectivity index (χ1n) is 21.2. The third kappa shape index (κ3) is 36.1. The Labute approximate surface area is 309 Å². The number of hydrogen-bond acceptors (Lipinski definition) is 7. The van der Waals surface area contributed by atoms with Crippen LogP contribution in [-0.2, 0) is 19.1 Å². The molecule has 0 saturated carbocycles. The van der Waals surface area contributed by atoms with E-state index in [1.54, 1.807) is 0 Å². The number of esters is 2. The van der Waals surface area contributed by atoms with Crippen LogP contribution in [0.15, 0.2) is 24.3 Å². The van der Waals surface area contributed by atoms with Gasteiger partial charge in [-0.1, -0.05) is 141 Å². The molecule has 0 aliphatic rings. The van der Waals surface area contributed by atoms with E-state index in [9.17, 15) is 19.8 Å². The summed E-state index contributed by atoms with van der Waals surface area (Å²) >= 11 is 0. The lowest BCUT2D eigenvalue weighted by molar-refractivity contribution is -0.160. The highest BCUT2D eigenvalue weighted by Crippen LogP contribution is 2.13. The van der Waals surface area contributed by atoms with Crippen LogP contribution in [0.2, 0.25) is 0 Å². The Bertz CT molecular complexity index is 779. The molecule has 50 heavy (non-hydrogen) atoms. The number of unbranched alkanes of at least 4 members (excludes halogenated alkanes) is 22. The van der Waals surface area contributed by atoms with Crippen molar-refractivity contribution in [2.24, 2.45) is 0 Å². The van der Waals surface area contributed by atoms with Gasteiger partial charge in [-0.2, -0.15) is 0 Å². The highest BCUT2D eigenvalue weighted by Gasteiger charge is 2.20. The molecular formula is C43H81NO6. The number of ether oxygens (including phenoxy) is 2. The molecule has 0 bridgehead atoms. The molecule has 0 heterocycles. The normalized spacial score (nSPS) is 12.4. The van der Waals surface area contributed by atoms with E-state index in [0.29, 0.717) is 32.5 Å². The molecule has 0 fully saturated rings. The average Bonchev–Trinajstić information content (AvgIpc) is 3.10. The fraction of sp³-hybridized carbons (Fsp3) is 0.860. The van der Waals surface area contributed by atoms with Crippen molar-refractivity contribution in [2.75, 3.05) is 39.5 Å². The Kier molecular flexibility index (Phi) is 38.7. The molecule has 0 aromatic rings. The second-order valence-electron chi connectivity index (χ2n) is 14.2. The van der Waals surface area contributed by atoms with E-state index in [4.69, 9.17) is 9.47 Å². The van der Waals surface area contributed by atoms with Crippen molar-refractivity contribution in [2.45, 2.75) is 200 Å². The third-order valence-corrected chi connectivity index (χ3v) is 9.31. The summed E-state index contributed by atoms with van der Waals surface area (Å²) in [5.74, 6) is -0.550. The highest BCUT2D eigenvalue weighted by atomic mass is 16.6. The van der Waals surface area contributed by atoms with Gasteiger partial charge < -0.3 is 19.7 Å². The van der Waals surface area contributed by atoms with Gasteiger partial charge >= 0.3 is 11.9 Å². The minimum absolute atomic E-state index is 0.00458. The van der Waals surface area contributed by atoms with Crippen molar-refractivity contribution in [3.05, 3.63) is 24.3 Å². The molecular weight excluding hydrogens is 626 g/mol. The molecule has 7 nitrogen and oxygen atoms in total. The quantitative estimate of drug-likeness (QED) is 0.0373. The van der Waals surface area contributed by atoms with E-state index in [1.807, 2.05) is 4.90 Å². The van der Waals surface area contributed by atoms with Gasteiger partial charge in [0.25, 0.3) is 0 Å². The van der Waals surface area contributed by atoms with Crippen LogP contribution < -0.4 is 0 Å². The summed E-state index contributed by atoms with van der Waals surface area (Å²) in [6.45, 7) is 5.39. The maximum absolute atomic E-state index is 12.7. The smallest absolute Gasteiger partial charge is 0.306 e. The van der Waals surface area contributed by atoms with Crippen LogP contribution in [0.5, 0.6) is 0 Å². The molecule has 0 radical (unpaired) electrons. The average molecular weight is 708 g/mol. The monoisotopic (exact) mass is 708 g/mol. The molecule has 0 spiro atoms. The molecule has 294 valence electrons. The molecule has 0 rings (SSSR count). The molecule has 0 aliphatic carbocycles. The van der Waals surface area contributed by atoms with E-state index >= 15 is 0 Å². The zero-order valence-corrected chi connectivity index (χ0v) is 32.9. The lowest BCUT2D eigenvalue weighted by Gasteiger charge is -2.26. The Hall–Kier alpha value is -1.70. The summed E-state index contributed by atoms with van der Waals surface area (Å²) in [6, 6.07) is 0. The predicted octanol–water partition coefficient (Wildman–Crippen LogP) is 10.8. The van der Waals surface area contributed by atoms with Crippen molar-refractivity contribution in [3.63, 3.8) is 0 Å². The molecule has 7 heteroatoms. The number of hydrogen-bond donors (Lipinski definition) is 2. The Morgan fingerprint density at radius 1 is 0.520 bits per heavy atom. The van der Waals surface area contributed by atoms with E-state index in [1.165, 1.54) is 116 Å². The van der Waals surface area contributed by atoms with Gasteiger partial charge in [-0.15, -0.1) is 0 Å². The molecule has 2 N–H and O–H groups in total. The van der Waals surface area contributed by atoms with Crippen molar-refractivity contribution in [1.82, 2.24) is 4.90 Å². The molecule has 1 atom stereocenters. The minimum Gasteiger partial charge on any atom is -0.462 e. The Balaban J connectivity index is 4.15. The summed E-state index contributed by atoms with van der Waals surface area (Å²) < 4.78 is 11.3. The fourth-order valence-electron chi connectivity index (χ4n) is 6.17. The number of nitrogens with zero attached hydrogens (tertiary/aromatic N) is 1. The van der Waals surface area contributed by atoms with Crippen LogP contribution in [-0.4, -0.2) is 72.6 Å². The number of aliphatic hydroxyl groups is 2. The minimum atomic E-state index is -0.623. The van der Waals surface area contributed by atoms with Gasteiger partial charge in [-0.25, -0.2) is 0 Å². The van der Waals surface area contributed by atoms with Crippen LogP contribution in [0.4, 0.5) is 0 Å². The molecule has 0 saturated heterocycles. The van der Waals surface area contributed by atoms with E-state index in [0.717, 1.165) is 51.4 Å². The molecule has 0 aliphatic heterocycles. The topological polar surface area (TPSA) is 96.3 Å². The zero-order valence-electron chi connectivity index (χ0n) is 32.9. The van der Waals surface area contributed by atoms with Gasteiger partial charge in [-0.05, 0) is 64.2 Å². The van der Waals surface area contributed by atoms with E-state index in [-0.39, 0.29) is 31.8 Å². The van der Waals surface area contributed by atoms with Gasteiger partial charge in [0.2, 0.25) is 0 Å². The predicted molar refractivity (Wildman–Crippen MR) is 210 cm³/mol. The van der Waals surface area contributed by atoms with Crippen LogP contribution in [0, 0.1) is 0 Å². The van der Waals surface area contributed by atoms with Gasteiger partial charge in [0.05, 0.1) is 13.2 Å². The molecule has 0 aromatic carbocycles. The van der Waals surface area contributed by atoms with Gasteiger partial charge in [-0.3, -0.25) is 14.5 Å². The second-order valence-corrected chi connectivity index (χ2v) is 14.2. The summed E-state index contributed by atoms with van der Waals surface area (Å²) in [5, 5.41) is 18.8. The van der Waals surface area contributed by atoms with Crippen molar-refractivity contribution in [3.8, 4) is 0 Å². The largest absolute Gasteiger partial charge is 0.462 e. The van der Waals surface area contributed by atoms with Crippen molar-refractivity contribution >= 4 is 11.9 Å². The summed E-state index contributed by atoms with van der Waals surface area (Å²) in [6.07, 6.45) is 40.8. The maximum Gasteiger partial charge on any atom is 0.306 e. The van der Waals surface area contributed by atoms with Crippen LogP contribution in [0.3, 0.4) is 0 Å².